The molecule has 1 aliphatic heterocycles. The minimum atomic E-state index is -0.813. The molecule has 0 radical (unpaired) electrons. The highest BCUT2D eigenvalue weighted by Gasteiger charge is 2.39. The second-order valence-corrected chi connectivity index (χ2v) is 23.4. The lowest BCUT2D eigenvalue weighted by Gasteiger charge is -2.30. The highest BCUT2D eigenvalue weighted by Crippen LogP contribution is 2.59. The standard InChI is InChI=1S/C60H77NO18S2/c1-5-48(62)72-34-12-8-10-14-36-74-53(64)38-16-20-40(21-17-38)55(66)76-44-28-24-42(25-29-44)57(68)78-46-32-33-47(52-51(46)80-60(81-52)50(61-4)59(70)71-7-3)79-58(69)43-26-30-45(31-27-43)77-56(67)41-22-18-39(19-23-41)54(65)75-37-15-11-9-13-35-73-49(63)6-2/h5-6,32-33,38-45H,1-2,7-31,34-37H2,3H3. The molecular formula is C60H77NO18S2. The number of unbranched alkanes of at least 4 members (excludes halogenated alkanes) is 6. The molecule has 4 saturated carbocycles. The fourth-order valence-corrected chi connectivity index (χ4v) is 13.1. The van der Waals surface area contributed by atoms with Crippen LogP contribution in [0.3, 0.4) is 0 Å². The molecule has 0 spiro atoms. The predicted molar refractivity (Wildman–Crippen MR) is 295 cm³/mol. The third-order valence-corrected chi connectivity index (χ3v) is 18.0. The highest BCUT2D eigenvalue weighted by atomic mass is 32.2. The summed E-state index contributed by atoms with van der Waals surface area (Å²) in [4.78, 5) is 119. The van der Waals surface area contributed by atoms with E-state index in [9.17, 15) is 43.2 Å². The van der Waals surface area contributed by atoms with Gasteiger partial charge in [-0.05, 0) is 173 Å². The predicted octanol–water partition coefficient (Wildman–Crippen LogP) is 10.8. The first kappa shape index (κ1) is 64.0. The normalized spacial score (nSPS) is 23.1. The lowest BCUT2D eigenvalue weighted by molar-refractivity contribution is -0.161. The Bertz CT molecular complexity index is 2320. The molecule has 0 atom stereocenters. The second kappa shape index (κ2) is 33.7. The average Bonchev–Trinajstić information content (AvgIpc) is 4.19. The van der Waals surface area contributed by atoms with Crippen molar-refractivity contribution < 1.29 is 85.8 Å². The maximum Gasteiger partial charge on any atom is 0.338 e. The van der Waals surface area contributed by atoms with E-state index in [0.29, 0.717) is 152 Å². The molecule has 0 saturated heterocycles. The van der Waals surface area contributed by atoms with Crippen molar-refractivity contribution in [1.82, 2.24) is 0 Å². The van der Waals surface area contributed by atoms with Crippen LogP contribution in [-0.4, -0.2) is 99.0 Å². The van der Waals surface area contributed by atoms with Gasteiger partial charge in [0.15, 0.2) is 0 Å². The van der Waals surface area contributed by atoms with Crippen LogP contribution in [0.1, 0.15) is 161 Å². The molecule has 1 aromatic carbocycles. The molecule has 0 N–H and O–H groups in total. The van der Waals surface area contributed by atoms with Gasteiger partial charge in [-0.2, -0.15) is 0 Å². The molecule has 5 aliphatic rings. The molecule has 19 nitrogen and oxygen atoms in total. The molecule has 81 heavy (non-hydrogen) atoms. The number of hydrogen-bond donors (Lipinski definition) is 0. The molecule has 4 fully saturated rings. The van der Waals surface area contributed by atoms with Gasteiger partial charge in [0, 0.05) is 12.2 Å². The van der Waals surface area contributed by atoms with Crippen molar-refractivity contribution in [3.05, 3.63) is 58.8 Å². The lowest BCUT2D eigenvalue weighted by Crippen LogP contribution is -2.33. The van der Waals surface area contributed by atoms with Gasteiger partial charge < -0.3 is 42.6 Å². The summed E-state index contributed by atoms with van der Waals surface area (Å²) >= 11 is 2.10. The Labute approximate surface area is 482 Å². The number of esters is 9. The first-order chi connectivity index (χ1) is 39.2. The Balaban J connectivity index is 0.919. The number of rotatable bonds is 28. The number of nitrogens with zero attached hydrogens (tertiary/aromatic N) is 1. The van der Waals surface area contributed by atoms with Crippen LogP contribution in [-0.2, 0) is 76.3 Å². The van der Waals surface area contributed by atoms with Crippen LogP contribution >= 0.6 is 23.5 Å². The van der Waals surface area contributed by atoms with Crippen LogP contribution in [0.4, 0.5) is 0 Å². The van der Waals surface area contributed by atoms with Crippen LogP contribution < -0.4 is 9.47 Å². The maximum atomic E-state index is 13.8. The molecule has 4 aliphatic carbocycles. The summed E-state index contributed by atoms with van der Waals surface area (Å²) < 4.78 is 50.3. The summed E-state index contributed by atoms with van der Waals surface area (Å²) in [6, 6.07) is 3.06. The number of thioether (sulfide) groups is 2. The van der Waals surface area contributed by atoms with Gasteiger partial charge in [0.25, 0.3) is 5.70 Å². The highest BCUT2D eigenvalue weighted by molar-refractivity contribution is 8.24. The van der Waals surface area contributed by atoms with E-state index < -0.39 is 41.7 Å². The number of fused-ring (bicyclic) bond motifs is 1. The fraction of sp³-hybridized carbons (Fsp3) is 0.633. The van der Waals surface area contributed by atoms with Crippen LogP contribution in [0.15, 0.2) is 57.2 Å². The summed E-state index contributed by atoms with van der Waals surface area (Å²) in [6.07, 6.45) is 15.5. The topological polar surface area (TPSA) is 241 Å². The molecule has 6 rings (SSSR count). The molecule has 0 amide bonds. The Hall–Kier alpha value is -6.14. The average molecular weight is 1160 g/mol. The van der Waals surface area contributed by atoms with Crippen molar-refractivity contribution >= 4 is 77.2 Å². The van der Waals surface area contributed by atoms with Gasteiger partial charge in [0.1, 0.15) is 23.7 Å². The largest absolute Gasteiger partial charge is 0.471 e. The zero-order chi connectivity index (χ0) is 58.1. The molecule has 0 aromatic heterocycles. The van der Waals surface area contributed by atoms with Crippen LogP contribution in [0, 0.1) is 42.1 Å². The van der Waals surface area contributed by atoms with Crippen LogP contribution in [0.2, 0.25) is 0 Å². The number of carbonyl (C=O) groups is 9. The summed E-state index contributed by atoms with van der Waals surface area (Å²) in [6.45, 7) is 17.5. The smallest absolute Gasteiger partial charge is 0.338 e. The molecule has 0 unspecified atom stereocenters. The molecule has 0 bridgehead atoms. The third kappa shape index (κ3) is 20.1. The Morgan fingerprint density at radius 2 is 0.790 bits per heavy atom. The third-order valence-electron chi connectivity index (χ3n) is 15.4. The van der Waals surface area contributed by atoms with Gasteiger partial charge in [0.2, 0.25) is 0 Å². The SMILES string of the molecule is [C-]#[N+]C(C(=O)OCC)=C1Sc2c(OC(=O)C3CCC(OC(=O)C4CCC(C(=O)OCCCCCCOC(=O)C=C)CC4)CC3)ccc(OC(=O)C3CCC(OC(=O)C4CCC(C(=O)OCCCCCCOC(=O)C=C)CC4)CC3)c2S1. The van der Waals surface area contributed by atoms with Gasteiger partial charge in [0.05, 0.1) is 89.1 Å². The summed E-state index contributed by atoms with van der Waals surface area (Å²) in [5.41, 5.74) is -0.257. The summed E-state index contributed by atoms with van der Waals surface area (Å²) in [5, 5.41) is 0. The van der Waals surface area contributed by atoms with Gasteiger partial charge >= 0.3 is 53.7 Å². The first-order valence-corrected chi connectivity index (χ1v) is 30.4. The zero-order valence-electron chi connectivity index (χ0n) is 46.5. The van der Waals surface area contributed by atoms with E-state index in [1.54, 1.807) is 6.92 Å². The Kier molecular flexibility index (Phi) is 26.6. The van der Waals surface area contributed by atoms with Gasteiger partial charge in [-0.15, -0.1) is 0 Å². The monoisotopic (exact) mass is 1160 g/mol. The van der Waals surface area contributed by atoms with E-state index in [1.807, 2.05) is 0 Å². The Morgan fingerprint density at radius 1 is 0.469 bits per heavy atom. The van der Waals surface area contributed by atoms with Crippen molar-refractivity contribution in [2.24, 2.45) is 35.5 Å². The van der Waals surface area contributed by atoms with Crippen molar-refractivity contribution in [3.8, 4) is 11.5 Å². The lowest BCUT2D eigenvalue weighted by atomic mass is 9.82. The van der Waals surface area contributed by atoms with E-state index in [2.05, 4.69) is 18.0 Å². The summed E-state index contributed by atoms with van der Waals surface area (Å²) in [7, 11) is 0. The number of carbonyl (C=O) groups excluding carboxylic acids is 9. The fourth-order valence-electron chi connectivity index (χ4n) is 10.6. The zero-order valence-corrected chi connectivity index (χ0v) is 48.1. The first-order valence-electron chi connectivity index (χ1n) is 28.8. The van der Waals surface area contributed by atoms with Crippen molar-refractivity contribution in [1.29, 1.82) is 0 Å². The van der Waals surface area contributed by atoms with E-state index in [0.717, 1.165) is 74.2 Å². The molecule has 442 valence electrons. The van der Waals surface area contributed by atoms with Gasteiger partial charge in [-0.3, -0.25) is 33.6 Å². The van der Waals surface area contributed by atoms with E-state index in [1.165, 1.54) is 12.1 Å². The molecular weight excluding hydrogens is 1090 g/mol. The van der Waals surface area contributed by atoms with E-state index in [4.69, 9.17) is 49.2 Å². The molecule has 21 heteroatoms. The number of ether oxygens (including phenoxy) is 9. The van der Waals surface area contributed by atoms with Gasteiger partial charge in [-0.25, -0.2) is 14.4 Å². The van der Waals surface area contributed by atoms with Crippen LogP contribution in [0.25, 0.3) is 4.85 Å². The van der Waals surface area contributed by atoms with Crippen molar-refractivity contribution in [2.75, 3.05) is 33.0 Å². The summed E-state index contributed by atoms with van der Waals surface area (Å²) in [5.74, 6) is -5.59. The maximum absolute atomic E-state index is 13.8. The minimum Gasteiger partial charge on any atom is -0.471 e. The van der Waals surface area contributed by atoms with Gasteiger partial charge in [-0.1, -0.05) is 36.7 Å². The van der Waals surface area contributed by atoms with Crippen LogP contribution in [0.5, 0.6) is 11.5 Å². The molecule has 1 heterocycles. The second-order valence-electron chi connectivity index (χ2n) is 21.1. The quantitative estimate of drug-likeness (QED) is 0.0189. The number of hydrogen-bond acceptors (Lipinski definition) is 20. The number of benzene rings is 1. The van der Waals surface area contributed by atoms with E-state index >= 15 is 0 Å². The molecule has 1 aromatic rings. The van der Waals surface area contributed by atoms with E-state index in [-0.39, 0.29) is 87.8 Å². The van der Waals surface area contributed by atoms with Crippen molar-refractivity contribution in [2.45, 2.75) is 183 Å². The Morgan fingerprint density at radius 3 is 1.12 bits per heavy atom. The minimum absolute atomic E-state index is 0.0489. The van der Waals surface area contributed by atoms with Crippen molar-refractivity contribution in [3.63, 3.8) is 0 Å².